The van der Waals surface area contributed by atoms with Crippen molar-refractivity contribution in [2.45, 2.75) is 18.5 Å². The Kier molecular flexibility index (Phi) is 4.79. The van der Waals surface area contributed by atoms with Crippen molar-refractivity contribution in [3.8, 4) is 0 Å². The molecule has 0 aliphatic heterocycles. The Hall–Kier alpha value is -0.360. The predicted octanol–water partition coefficient (Wildman–Crippen LogP) is -0.732. The number of hydrogen-bond donors (Lipinski definition) is 0. The van der Waals surface area contributed by atoms with Gasteiger partial charge in [-0.3, -0.25) is 0 Å². The number of hydrogen-bond acceptors (Lipinski definition) is 2. The van der Waals surface area contributed by atoms with Crippen molar-refractivity contribution < 1.29 is 28.5 Å². The zero-order chi connectivity index (χ0) is 9.97. The minimum atomic E-state index is 0. The molecule has 0 unspecified atom stereocenters. The average molecular weight is 332 g/mol. The maximum absolute atomic E-state index is 4.42. The van der Waals surface area contributed by atoms with Gasteiger partial charge in [0.15, 0.2) is 0 Å². The van der Waals surface area contributed by atoms with Crippen LogP contribution in [-0.4, -0.2) is 11.2 Å². The Balaban J connectivity index is 0.00000112. The maximum atomic E-state index is 4.42. The molecule has 1 aromatic heterocycles. The third kappa shape index (κ3) is 2.42. The van der Waals surface area contributed by atoms with E-state index < -0.39 is 0 Å². The maximum Gasteiger partial charge on any atom is 0.288 e. The Morgan fingerprint density at radius 1 is 1.33 bits per heavy atom. The van der Waals surface area contributed by atoms with Gasteiger partial charge >= 0.3 is 0 Å². The molecule has 0 saturated carbocycles. The van der Waals surface area contributed by atoms with E-state index in [0.717, 1.165) is 11.6 Å². The van der Waals surface area contributed by atoms with Crippen LogP contribution < -0.4 is 28.5 Å². The number of aryl methyl sites for hydroxylation is 1. The first-order valence-electron chi connectivity index (χ1n) is 4.68. The lowest BCUT2D eigenvalue weighted by Gasteiger charge is -2.01. The highest BCUT2D eigenvalue weighted by atomic mass is 127. The SMILES string of the molecule is CC[n+]1cnc(SC)c2ccccc21.[I-]. The van der Waals surface area contributed by atoms with Crippen molar-refractivity contribution in [2.75, 3.05) is 6.26 Å². The molecule has 1 aromatic carbocycles. The Bertz CT molecular complexity index is 417. The lowest BCUT2D eigenvalue weighted by molar-refractivity contribution is -0.671. The van der Waals surface area contributed by atoms with Crippen LogP contribution in [0.5, 0.6) is 0 Å². The lowest BCUT2D eigenvalue weighted by Crippen LogP contribution is -3.00. The van der Waals surface area contributed by atoms with E-state index in [4.69, 9.17) is 0 Å². The van der Waals surface area contributed by atoms with Crippen molar-refractivity contribution in [3.63, 3.8) is 0 Å². The van der Waals surface area contributed by atoms with Crippen LogP contribution in [0.4, 0.5) is 0 Å². The third-order valence-corrected chi connectivity index (χ3v) is 3.00. The fraction of sp³-hybridized carbons (Fsp3) is 0.273. The summed E-state index contributed by atoms with van der Waals surface area (Å²) in [5, 5.41) is 2.34. The largest absolute Gasteiger partial charge is 1.00 e. The van der Waals surface area contributed by atoms with Crippen LogP contribution in [0, 0.1) is 0 Å². The van der Waals surface area contributed by atoms with Crippen molar-refractivity contribution >= 4 is 22.7 Å². The number of rotatable bonds is 2. The summed E-state index contributed by atoms with van der Waals surface area (Å²) in [6.07, 6.45) is 3.97. The Morgan fingerprint density at radius 3 is 2.73 bits per heavy atom. The van der Waals surface area contributed by atoms with Gasteiger partial charge in [-0.1, -0.05) is 23.9 Å². The van der Waals surface area contributed by atoms with Crippen LogP contribution in [0.2, 0.25) is 0 Å². The van der Waals surface area contributed by atoms with Crippen molar-refractivity contribution in [1.29, 1.82) is 0 Å². The van der Waals surface area contributed by atoms with Gasteiger partial charge in [0, 0.05) is 0 Å². The van der Waals surface area contributed by atoms with E-state index in [1.54, 1.807) is 11.8 Å². The Labute approximate surface area is 111 Å². The van der Waals surface area contributed by atoms with Crippen LogP contribution >= 0.6 is 11.8 Å². The summed E-state index contributed by atoms with van der Waals surface area (Å²) in [5.41, 5.74) is 1.26. The molecule has 2 rings (SSSR count). The fourth-order valence-electron chi connectivity index (χ4n) is 1.57. The molecule has 0 fully saturated rings. The van der Waals surface area contributed by atoms with E-state index >= 15 is 0 Å². The molecule has 1 heterocycles. The monoisotopic (exact) mass is 332 g/mol. The summed E-state index contributed by atoms with van der Waals surface area (Å²) in [5.74, 6) is 0. The Morgan fingerprint density at radius 2 is 2.07 bits per heavy atom. The normalized spacial score (nSPS) is 10.0. The molecule has 0 radical (unpaired) electrons. The van der Waals surface area contributed by atoms with E-state index in [1.165, 1.54) is 10.9 Å². The first kappa shape index (κ1) is 12.7. The highest BCUT2D eigenvalue weighted by Gasteiger charge is 2.10. The van der Waals surface area contributed by atoms with E-state index in [9.17, 15) is 0 Å². The third-order valence-electron chi connectivity index (χ3n) is 2.29. The fourth-order valence-corrected chi connectivity index (χ4v) is 2.12. The van der Waals surface area contributed by atoms with Crippen molar-refractivity contribution in [1.82, 2.24) is 4.98 Å². The summed E-state index contributed by atoms with van der Waals surface area (Å²) < 4.78 is 2.16. The molecule has 0 bridgehead atoms. The number of halogens is 1. The summed E-state index contributed by atoms with van der Waals surface area (Å²) >= 11 is 1.69. The second-order valence-electron chi connectivity index (χ2n) is 3.06. The van der Waals surface area contributed by atoms with Crippen LogP contribution in [0.3, 0.4) is 0 Å². The second kappa shape index (κ2) is 5.65. The molecule has 2 nitrogen and oxygen atoms in total. The van der Waals surface area contributed by atoms with E-state index in [-0.39, 0.29) is 24.0 Å². The minimum absolute atomic E-state index is 0. The molecule has 0 aliphatic carbocycles. The lowest BCUT2D eigenvalue weighted by atomic mass is 10.2. The number of aromatic nitrogens is 2. The van der Waals surface area contributed by atoms with E-state index in [1.807, 2.05) is 6.33 Å². The summed E-state index contributed by atoms with van der Waals surface area (Å²) in [6, 6.07) is 8.39. The highest BCUT2D eigenvalue weighted by Crippen LogP contribution is 2.20. The molecule has 15 heavy (non-hydrogen) atoms. The van der Waals surface area contributed by atoms with E-state index in [0.29, 0.717) is 0 Å². The molecule has 2 aromatic rings. The van der Waals surface area contributed by atoms with Crippen molar-refractivity contribution in [3.05, 3.63) is 30.6 Å². The van der Waals surface area contributed by atoms with Gasteiger partial charge < -0.3 is 24.0 Å². The zero-order valence-electron chi connectivity index (χ0n) is 8.77. The van der Waals surface area contributed by atoms with Gasteiger partial charge in [-0.15, -0.1) is 0 Å². The number of para-hydroxylation sites is 1. The summed E-state index contributed by atoms with van der Waals surface area (Å²) in [4.78, 5) is 4.42. The van der Waals surface area contributed by atoms with Gasteiger partial charge in [0.2, 0.25) is 5.03 Å². The van der Waals surface area contributed by atoms with Crippen LogP contribution in [0.1, 0.15) is 6.92 Å². The van der Waals surface area contributed by atoms with Crippen molar-refractivity contribution in [2.24, 2.45) is 0 Å². The molecule has 0 N–H and O–H groups in total. The summed E-state index contributed by atoms with van der Waals surface area (Å²) in [6.45, 7) is 3.09. The molecule has 80 valence electrons. The smallest absolute Gasteiger partial charge is 0.288 e. The standard InChI is InChI=1S/C11H13N2S.HI/c1-3-13-8-12-11(14-2)9-6-4-5-7-10(9)13;/h4-8H,3H2,1-2H3;1H/q+1;/p-1. The molecule has 0 atom stereocenters. The van der Waals surface area contributed by atoms with Gasteiger partial charge in [0.25, 0.3) is 6.33 Å². The number of nitrogens with zero attached hydrogens (tertiary/aromatic N) is 2. The first-order valence-corrected chi connectivity index (χ1v) is 5.90. The quantitative estimate of drug-likeness (QED) is 0.312. The molecule has 0 aliphatic rings. The highest BCUT2D eigenvalue weighted by molar-refractivity contribution is 7.98. The van der Waals surface area contributed by atoms with E-state index in [2.05, 4.69) is 47.0 Å². The van der Waals surface area contributed by atoms with Crippen LogP contribution in [0.15, 0.2) is 35.6 Å². The molecule has 0 amide bonds. The predicted molar refractivity (Wildman–Crippen MR) is 59.4 cm³/mol. The van der Waals surface area contributed by atoms with Gasteiger partial charge in [0.05, 0.1) is 11.9 Å². The molecule has 0 saturated heterocycles. The van der Waals surface area contributed by atoms with Gasteiger partial charge in [-0.05, 0) is 30.3 Å². The topological polar surface area (TPSA) is 16.8 Å². The van der Waals surface area contributed by atoms with Gasteiger partial charge in [-0.25, -0.2) is 4.57 Å². The van der Waals surface area contributed by atoms with Crippen LogP contribution in [-0.2, 0) is 6.54 Å². The molecular weight excluding hydrogens is 319 g/mol. The molecular formula is C11H13IN2S. The first-order chi connectivity index (χ1) is 6.86. The zero-order valence-corrected chi connectivity index (χ0v) is 11.7. The van der Waals surface area contributed by atoms with Crippen LogP contribution in [0.25, 0.3) is 10.9 Å². The summed E-state index contributed by atoms with van der Waals surface area (Å²) in [7, 11) is 0. The number of benzene rings is 1. The number of fused-ring (bicyclic) bond motifs is 1. The van der Waals surface area contributed by atoms with Gasteiger partial charge in [0.1, 0.15) is 5.52 Å². The van der Waals surface area contributed by atoms with Gasteiger partial charge in [-0.2, -0.15) is 0 Å². The minimum Gasteiger partial charge on any atom is -1.00 e. The average Bonchev–Trinajstić information content (AvgIpc) is 2.27. The molecule has 4 heteroatoms. The second-order valence-corrected chi connectivity index (χ2v) is 3.85. The molecule has 0 spiro atoms. The number of thioether (sulfide) groups is 1.